The van der Waals surface area contributed by atoms with Crippen molar-refractivity contribution in [3.05, 3.63) is 54.1 Å². The molecule has 2 unspecified atom stereocenters. The standard InChI is InChI=1S/C26H36O3/c1-4-7-8-9-10-19-29-23-17-15-21(16-18-23)20-11-13-22(14-12-20)24(5-2)25(6-3)26(27)28/h11-18,24-25H,4-10,19H2,1-3H3,(H,27,28). The third-order valence-electron chi connectivity index (χ3n) is 5.73. The number of carboxylic acid groups (broad SMARTS) is 1. The maximum absolute atomic E-state index is 11.6. The van der Waals surface area contributed by atoms with Crippen LogP contribution in [0.5, 0.6) is 5.75 Å². The van der Waals surface area contributed by atoms with Crippen molar-refractivity contribution >= 4 is 5.97 Å². The van der Waals surface area contributed by atoms with Crippen molar-refractivity contribution in [3.8, 4) is 16.9 Å². The van der Waals surface area contributed by atoms with E-state index in [1.807, 2.05) is 19.1 Å². The van der Waals surface area contributed by atoms with Crippen molar-refractivity contribution < 1.29 is 14.6 Å². The lowest BCUT2D eigenvalue weighted by molar-refractivity contribution is -0.142. The van der Waals surface area contributed by atoms with Crippen LogP contribution < -0.4 is 4.74 Å². The lowest BCUT2D eigenvalue weighted by Crippen LogP contribution is -2.21. The molecule has 0 aromatic heterocycles. The van der Waals surface area contributed by atoms with Gasteiger partial charge in [0.1, 0.15) is 5.75 Å². The number of unbranched alkanes of at least 4 members (excludes halogenated alkanes) is 4. The Balaban J connectivity index is 1.96. The first-order valence-electron chi connectivity index (χ1n) is 11.2. The monoisotopic (exact) mass is 396 g/mol. The highest BCUT2D eigenvalue weighted by Crippen LogP contribution is 2.32. The van der Waals surface area contributed by atoms with Crippen molar-refractivity contribution in [2.45, 2.75) is 71.6 Å². The predicted octanol–water partition coefficient (Wildman–Crippen LogP) is 7.31. The van der Waals surface area contributed by atoms with E-state index in [1.54, 1.807) is 0 Å². The highest BCUT2D eigenvalue weighted by atomic mass is 16.5. The van der Waals surface area contributed by atoms with Gasteiger partial charge in [-0.15, -0.1) is 0 Å². The zero-order valence-electron chi connectivity index (χ0n) is 18.2. The number of aliphatic carboxylic acids is 1. The molecule has 0 saturated carbocycles. The van der Waals surface area contributed by atoms with Crippen LogP contribution in [0.4, 0.5) is 0 Å². The molecule has 1 N–H and O–H groups in total. The molecular weight excluding hydrogens is 360 g/mol. The van der Waals surface area contributed by atoms with Crippen LogP contribution >= 0.6 is 0 Å². The molecule has 2 aromatic rings. The zero-order chi connectivity index (χ0) is 21.1. The van der Waals surface area contributed by atoms with Gasteiger partial charge in [0, 0.05) is 0 Å². The molecule has 0 aliphatic heterocycles. The van der Waals surface area contributed by atoms with E-state index in [1.165, 1.54) is 25.7 Å². The number of benzene rings is 2. The van der Waals surface area contributed by atoms with Crippen LogP contribution in [0.15, 0.2) is 48.5 Å². The van der Waals surface area contributed by atoms with Gasteiger partial charge < -0.3 is 9.84 Å². The number of carboxylic acids is 1. The smallest absolute Gasteiger partial charge is 0.307 e. The third-order valence-corrected chi connectivity index (χ3v) is 5.73. The van der Waals surface area contributed by atoms with Crippen molar-refractivity contribution in [2.24, 2.45) is 5.92 Å². The predicted molar refractivity (Wildman–Crippen MR) is 121 cm³/mol. The van der Waals surface area contributed by atoms with E-state index >= 15 is 0 Å². The summed E-state index contributed by atoms with van der Waals surface area (Å²) >= 11 is 0. The Morgan fingerprint density at radius 1 is 0.828 bits per heavy atom. The van der Waals surface area contributed by atoms with Crippen molar-refractivity contribution in [3.63, 3.8) is 0 Å². The summed E-state index contributed by atoms with van der Waals surface area (Å²) in [5.74, 6) is -0.0626. The maximum Gasteiger partial charge on any atom is 0.307 e. The lowest BCUT2D eigenvalue weighted by atomic mass is 9.82. The van der Waals surface area contributed by atoms with Gasteiger partial charge in [-0.05, 0) is 54.0 Å². The number of rotatable bonds is 13. The normalized spacial score (nSPS) is 13.1. The average molecular weight is 397 g/mol. The molecule has 29 heavy (non-hydrogen) atoms. The fourth-order valence-corrected chi connectivity index (χ4v) is 3.95. The van der Waals surface area contributed by atoms with Gasteiger partial charge in [0.25, 0.3) is 0 Å². The molecule has 0 aliphatic rings. The zero-order valence-corrected chi connectivity index (χ0v) is 18.2. The second kappa shape index (κ2) is 12.3. The minimum Gasteiger partial charge on any atom is -0.494 e. The van der Waals surface area contributed by atoms with Crippen LogP contribution in [-0.2, 0) is 4.79 Å². The average Bonchev–Trinajstić information content (AvgIpc) is 2.74. The van der Waals surface area contributed by atoms with Crippen LogP contribution in [0.25, 0.3) is 11.1 Å². The van der Waals surface area contributed by atoms with Crippen molar-refractivity contribution in [1.82, 2.24) is 0 Å². The molecule has 3 nitrogen and oxygen atoms in total. The highest BCUT2D eigenvalue weighted by Gasteiger charge is 2.26. The van der Waals surface area contributed by atoms with E-state index in [0.717, 1.165) is 41.9 Å². The Morgan fingerprint density at radius 3 is 1.93 bits per heavy atom. The number of hydrogen-bond acceptors (Lipinski definition) is 2. The highest BCUT2D eigenvalue weighted by molar-refractivity contribution is 5.71. The number of carbonyl (C=O) groups is 1. The SMILES string of the molecule is CCCCCCCOc1ccc(-c2ccc(C(CC)C(CC)C(=O)O)cc2)cc1. The number of hydrogen-bond donors (Lipinski definition) is 1. The summed E-state index contributed by atoms with van der Waals surface area (Å²) < 4.78 is 5.85. The van der Waals surface area contributed by atoms with Crippen LogP contribution in [0.2, 0.25) is 0 Å². The Hall–Kier alpha value is -2.29. The number of ether oxygens (including phenoxy) is 1. The summed E-state index contributed by atoms with van der Waals surface area (Å²) in [5, 5.41) is 9.50. The molecule has 2 rings (SSSR count). The van der Waals surface area contributed by atoms with Gasteiger partial charge in [0.2, 0.25) is 0 Å². The molecule has 2 aromatic carbocycles. The summed E-state index contributed by atoms with van der Waals surface area (Å²) in [7, 11) is 0. The van der Waals surface area contributed by atoms with E-state index in [0.29, 0.717) is 6.42 Å². The molecule has 0 fully saturated rings. The molecule has 0 spiro atoms. The fourth-order valence-electron chi connectivity index (χ4n) is 3.95. The lowest BCUT2D eigenvalue weighted by Gasteiger charge is -2.22. The largest absolute Gasteiger partial charge is 0.494 e. The van der Waals surface area contributed by atoms with Gasteiger partial charge in [-0.3, -0.25) is 4.79 Å². The first kappa shape index (κ1) is 23.0. The van der Waals surface area contributed by atoms with Gasteiger partial charge in [-0.2, -0.15) is 0 Å². The summed E-state index contributed by atoms with van der Waals surface area (Å²) in [6.07, 6.45) is 7.68. The summed E-state index contributed by atoms with van der Waals surface area (Å²) in [4.78, 5) is 11.6. The van der Waals surface area contributed by atoms with E-state index in [9.17, 15) is 9.90 Å². The van der Waals surface area contributed by atoms with Crippen LogP contribution in [0.1, 0.15) is 77.2 Å². The minimum atomic E-state index is -0.704. The van der Waals surface area contributed by atoms with Crippen molar-refractivity contribution in [1.29, 1.82) is 0 Å². The van der Waals surface area contributed by atoms with Crippen LogP contribution in [0.3, 0.4) is 0 Å². The quantitative estimate of drug-likeness (QED) is 0.361. The molecule has 0 amide bonds. The second-order valence-electron chi connectivity index (χ2n) is 7.78. The second-order valence-corrected chi connectivity index (χ2v) is 7.78. The Labute approximate surface area is 176 Å². The van der Waals surface area contributed by atoms with Gasteiger partial charge in [-0.25, -0.2) is 0 Å². The first-order valence-corrected chi connectivity index (χ1v) is 11.2. The molecule has 0 saturated heterocycles. The molecule has 0 heterocycles. The van der Waals surface area contributed by atoms with Gasteiger partial charge in [0.15, 0.2) is 0 Å². The molecule has 0 bridgehead atoms. The van der Waals surface area contributed by atoms with Gasteiger partial charge >= 0.3 is 5.97 Å². The van der Waals surface area contributed by atoms with E-state index in [-0.39, 0.29) is 11.8 Å². The Morgan fingerprint density at radius 2 is 1.41 bits per heavy atom. The van der Waals surface area contributed by atoms with Gasteiger partial charge in [-0.1, -0.05) is 82.9 Å². The topological polar surface area (TPSA) is 46.5 Å². The fraction of sp³-hybridized carbons (Fsp3) is 0.500. The maximum atomic E-state index is 11.6. The van der Waals surface area contributed by atoms with Crippen LogP contribution in [-0.4, -0.2) is 17.7 Å². The molecular formula is C26H36O3. The Bertz CT molecular complexity index is 719. The Kier molecular flexibility index (Phi) is 9.76. The summed E-state index contributed by atoms with van der Waals surface area (Å²) in [6, 6.07) is 16.6. The summed E-state index contributed by atoms with van der Waals surface area (Å²) in [5.41, 5.74) is 3.39. The molecule has 0 radical (unpaired) electrons. The van der Waals surface area contributed by atoms with E-state index in [2.05, 4.69) is 50.2 Å². The van der Waals surface area contributed by atoms with E-state index in [4.69, 9.17) is 4.74 Å². The van der Waals surface area contributed by atoms with E-state index < -0.39 is 5.97 Å². The van der Waals surface area contributed by atoms with Gasteiger partial charge in [0.05, 0.1) is 12.5 Å². The molecule has 2 atom stereocenters. The van der Waals surface area contributed by atoms with Crippen molar-refractivity contribution in [2.75, 3.05) is 6.61 Å². The van der Waals surface area contributed by atoms with Crippen LogP contribution in [0, 0.1) is 5.92 Å². The first-order chi connectivity index (χ1) is 14.1. The molecule has 3 heteroatoms. The third kappa shape index (κ3) is 6.92. The minimum absolute atomic E-state index is 0.0552. The molecule has 158 valence electrons. The molecule has 0 aliphatic carbocycles. The summed E-state index contributed by atoms with van der Waals surface area (Å²) in [6.45, 7) is 7.02.